The molecule has 1 unspecified atom stereocenters. The molecule has 0 aliphatic rings. The minimum atomic E-state index is -0.370. The number of benzene rings is 2. The summed E-state index contributed by atoms with van der Waals surface area (Å²) < 4.78 is 5.52. The summed E-state index contributed by atoms with van der Waals surface area (Å²) in [5, 5.41) is 8.73. The molecule has 20 heavy (non-hydrogen) atoms. The number of hydrogen-bond donors (Lipinski definition) is 0. The van der Waals surface area contributed by atoms with Crippen LogP contribution in [0.1, 0.15) is 40.9 Å². The summed E-state index contributed by atoms with van der Waals surface area (Å²) >= 11 is 0. The number of carbonyl (C=O) groups is 1. The Labute approximate surface area is 118 Å². The van der Waals surface area contributed by atoms with Gasteiger partial charge in [0.25, 0.3) is 0 Å². The second-order valence-electron chi connectivity index (χ2n) is 4.40. The van der Waals surface area contributed by atoms with Crippen molar-refractivity contribution in [3.05, 3.63) is 71.3 Å². The van der Waals surface area contributed by atoms with E-state index in [1.807, 2.05) is 43.3 Å². The highest BCUT2D eigenvalue weighted by Crippen LogP contribution is 2.22. The van der Waals surface area contributed by atoms with Crippen LogP contribution in [0.2, 0.25) is 0 Å². The van der Waals surface area contributed by atoms with E-state index in [0.29, 0.717) is 17.5 Å². The second-order valence-corrected chi connectivity index (χ2v) is 4.40. The minimum Gasteiger partial charge on any atom is -0.454 e. The molecule has 0 aromatic heterocycles. The third kappa shape index (κ3) is 3.24. The molecule has 0 saturated carbocycles. The Bertz CT molecular complexity index is 612. The number of ether oxygens (including phenoxy) is 1. The van der Waals surface area contributed by atoms with Crippen LogP contribution in [0.25, 0.3) is 0 Å². The number of nitriles is 1. The Balaban J connectivity index is 2.11. The maximum Gasteiger partial charge on any atom is 0.338 e. The van der Waals surface area contributed by atoms with Crippen LogP contribution >= 0.6 is 0 Å². The molecule has 0 fully saturated rings. The smallest absolute Gasteiger partial charge is 0.338 e. The molecule has 3 heteroatoms. The number of nitrogens with zero attached hydrogens (tertiary/aromatic N) is 1. The molecule has 1 atom stereocenters. The highest BCUT2D eigenvalue weighted by molar-refractivity contribution is 5.89. The Morgan fingerprint density at radius 2 is 1.80 bits per heavy atom. The van der Waals surface area contributed by atoms with Crippen LogP contribution in [-0.4, -0.2) is 5.97 Å². The number of hydrogen-bond acceptors (Lipinski definition) is 3. The average molecular weight is 265 g/mol. The molecule has 0 spiro atoms. The van der Waals surface area contributed by atoms with E-state index in [2.05, 4.69) is 0 Å². The van der Waals surface area contributed by atoms with Gasteiger partial charge in [-0.25, -0.2) is 4.79 Å². The van der Waals surface area contributed by atoms with Crippen LogP contribution in [-0.2, 0) is 4.74 Å². The third-order valence-corrected chi connectivity index (χ3v) is 3.04. The van der Waals surface area contributed by atoms with Crippen LogP contribution in [0.15, 0.2) is 54.6 Å². The Hall–Kier alpha value is -2.60. The Morgan fingerprint density at radius 3 is 2.35 bits per heavy atom. The monoisotopic (exact) mass is 265 g/mol. The van der Waals surface area contributed by atoms with Gasteiger partial charge < -0.3 is 4.74 Å². The average Bonchev–Trinajstić information content (AvgIpc) is 2.53. The summed E-state index contributed by atoms with van der Waals surface area (Å²) in [6, 6.07) is 18.1. The first-order valence-corrected chi connectivity index (χ1v) is 6.50. The molecule has 0 aliphatic heterocycles. The number of carbonyl (C=O) groups excluding carboxylic acids is 1. The van der Waals surface area contributed by atoms with Crippen molar-refractivity contribution >= 4 is 5.97 Å². The summed E-state index contributed by atoms with van der Waals surface area (Å²) in [5.74, 6) is -0.370. The molecule has 0 aliphatic carbocycles. The third-order valence-electron chi connectivity index (χ3n) is 3.04. The van der Waals surface area contributed by atoms with Crippen LogP contribution < -0.4 is 0 Å². The topological polar surface area (TPSA) is 50.1 Å². The van der Waals surface area contributed by atoms with Gasteiger partial charge in [-0.1, -0.05) is 37.3 Å². The first-order chi connectivity index (χ1) is 9.74. The molecule has 100 valence electrons. The Kier molecular flexibility index (Phi) is 4.52. The molecule has 0 bridgehead atoms. The van der Waals surface area contributed by atoms with Gasteiger partial charge in [-0.15, -0.1) is 0 Å². The van der Waals surface area contributed by atoms with Gasteiger partial charge in [-0.3, -0.25) is 0 Å². The molecular formula is C17H15NO2. The molecule has 0 N–H and O–H groups in total. The largest absolute Gasteiger partial charge is 0.454 e. The zero-order valence-corrected chi connectivity index (χ0v) is 11.2. The van der Waals surface area contributed by atoms with Gasteiger partial charge in [-0.05, 0) is 36.2 Å². The molecule has 0 amide bonds. The van der Waals surface area contributed by atoms with E-state index in [1.54, 1.807) is 24.3 Å². The van der Waals surface area contributed by atoms with Gasteiger partial charge in [0.1, 0.15) is 6.10 Å². The zero-order valence-electron chi connectivity index (χ0n) is 11.2. The van der Waals surface area contributed by atoms with E-state index in [0.717, 1.165) is 5.56 Å². The van der Waals surface area contributed by atoms with Gasteiger partial charge in [0.15, 0.2) is 0 Å². The maximum absolute atomic E-state index is 12.1. The van der Waals surface area contributed by atoms with Crippen molar-refractivity contribution < 1.29 is 9.53 Å². The fourth-order valence-electron chi connectivity index (χ4n) is 1.93. The van der Waals surface area contributed by atoms with Crippen molar-refractivity contribution in [2.75, 3.05) is 0 Å². The first-order valence-electron chi connectivity index (χ1n) is 6.50. The fraction of sp³-hybridized carbons (Fsp3) is 0.176. The van der Waals surface area contributed by atoms with Crippen LogP contribution in [0.3, 0.4) is 0 Å². The molecule has 0 radical (unpaired) electrons. The Morgan fingerprint density at radius 1 is 1.15 bits per heavy atom. The van der Waals surface area contributed by atoms with Gasteiger partial charge >= 0.3 is 5.97 Å². The van der Waals surface area contributed by atoms with E-state index in [-0.39, 0.29) is 12.1 Å². The van der Waals surface area contributed by atoms with Gasteiger partial charge in [0, 0.05) is 0 Å². The molecule has 2 aromatic rings. The van der Waals surface area contributed by atoms with Gasteiger partial charge in [0.05, 0.1) is 17.2 Å². The molecule has 0 saturated heterocycles. The van der Waals surface area contributed by atoms with E-state index in [1.165, 1.54) is 0 Å². The van der Waals surface area contributed by atoms with Crippen molar-refractivity contribution in [1.82, 2.24) is 0 Å². The summed E-state index contributed by atoms with van der Waals surface area (Å²) in [5.41, 5.74) is 1.96. The van der Waals surface area contributed by atoms with E-state index in [9.17, 15) is 4.79 Å². The maximum atomic E-state index is 12.1. The van der Waals surface area contributed by atoms with E-state index in [4.69, 9.17) is 10.00 Å². The van der Waals surface area contributed by atoms with E-state index >= 15 is 0 Å². The van der Waals surface area contributed by atoms with E-state index < -0.39 is 0 Å². The summed E-state index contributed by atoms with van der Waals surface area (Å²) in [6.07, 6.45) is 0.464. The predicted molar refractivity (Wildman–Crippen MR) is 76.0 cm³/mol. The van der Waals surface area contributed by atoms with Crippen molar-refractivity contribution in [1.29, 1.82) is 5.26 Å². The lowest BCUT2D eigenvalue weighted by Crippen LogP contribution is -2.11. The lowest BCUT2D eigenvalue weighted by molar-refractivity contribution is 0.0288. The number of rotatable bonds is 4. The molecule has 0 heterocycles. The lowest BCUT2D eigenvalue weighted by Gasteiger charge is -2.16. The SMILES string of the molecule is CCC(OC(=O)c1ccc(C#N)cc1)c1ccccc1. The van der Waals surface area contributed by atoms with Crippen molar-refractivity contribution in [2.45, 2.75) is 19.4 Å². The van der Waals surface area contributed by atoms with Crippen molar-refractivity contribution in [2.24, 2.45) is 0 Å². The normalized spacial score (nSPS) is 11.4. The second kappa shape index (κ2) is 6.53. The predicted octanol–water partition coefficient (Wildman–Crippen LogP) is 3.87. The lowest BCUT2D eigenvalue weighted by atomic mass is 10.1. The van der Waals surface area contributed by atoms with Gasteiger partial charge in [-0.2, -0.15) is 5.26 Å². The summed E-state index contributed by atoms with van der Waals surface area (Å²) in [6.45, 7) is 1.98. The summed E-state index contributed by atoms with van der Waals surface area (Å²) in [4.78, 5) is 12.1. The number of esters is 1. The molecule has 3 nitrogen and oxygen atoms in total. The van der Waals surface area contributed by atoms with Crippen LogP contribution in [0.5, 0.6) is 0 Å². The standard InChI is InChI=1S/C17H15NO2/c1-2-16(14-6-4-3-5-7-14)20-17(19)15-10-8-13(12-18)9-11-15/h3-11,16H,2H2,1H3. The first kappa shape index (κ1) is 13.8. The quantitative estimate of drug-likeness (QED) is 0.788. The van der Waals surface area contributed by atoms with Gasteiger partial charge in [0.2, 0.25) is 0 Å². The molecular weight excluding hydrogens is 250 g/mol. The minimum absolute atomic E-state index is 0.251. The van der Waals surface area contributed by atoms with Crippen LogP contribution in [0.4, 0.5) is 0 Å². The molecule has 2 rings (SSSR count). The zero-order chi connectivity index (χ0) is 14.4. The highest BCUT2D eigenvalue weighted by Gasteiger charge is 2.15. The molecule has 2 aromatic carbocycles. The van der Waals surface area contributed by atoms with Crippen molar-refractivity contribution in [3.63, 3.8) is 0 Å². The van der Waals surface area contributed by atoms with Crippen LogP contribution in [0, 0.1) is 11.3 Å². The fourth-order valence-corrected chi connectivity index (χ4v) is 1.93. The van der Waals surface area contributed by atoms with Crippen molar-refractivity contribution in [3.8, 4) is 6.07 Å². The highest BCUT2D eigenvalue weighted by atomic mass is 16.5. The summed E-state index contributed by atoms with van der Waals surface area (Å²) in [7, 11) is 0.